The minimum absolute atomic E-state index is 0. The van der Waals surface area contributed by atoms with Crippen molar-refractivity contribution >= 4 is 17.9 Å². The van der Waals surface area contributed by atoms with Gasteiger partial charge in [-0.05, 0) is 0 Å². The van der Waals surface area contributed by atoms with Crippen molar-refractivity contribution in [3.05, 3.63) is 0 Å². The SMILES string of the molecule is CCC(=O)O.CCC(=O)O.CCC(=O)O.[Ce]. The summed E-state index contributed by atoms with van der Waals surface area (Å²) in [6.45, 7) is 4.80. The molecule has 0 unspecified atom stereocenters. The molecular weight excluding hydrogens is 344 g/mol. The number of hydrogen-bond donors (Lipinski definition) is 3. The molecule has 0 aliphatic rings. The Morgan fingerprint density at radius 1 is 0.688 bits per heavy atom. The zero-order valence-corrected chi connectivity index (χ0v) is 12.8. The van der Waals surface area contributed by atoms with Gasteiger partial charge in [-0.15, -0.1) is 0 Å². The van der Waals surface area contributed by atoms with Gasteiger partial charge in [0.05, 0.1) is 0 Å². The predicted molar refractivity (Wildman–Crippen MR) is 53.8 cm³/mol. The Morgan fingerprint density at radius 2 is 0.750 bits per heavy atom. The van der Waals surface area contributed by atoms with Crippen LogP contribution in [0.4, 0.5) is 0 Å². The molecule has 0 saturated carbocycles. The number of carbonyl (C=O) groups is 3. The van der Waals surface area contributed by atoms with Crippen LogP contribution in [0.25, 0.3) is 0 Å². The maximum absolute atomic E-state index is 9.37. The summed E-state index contributed by atoms with van der Waals surface area (Å²) in [4.78, 5) is 28.1. The Morgan fingerprint density at radius 3 is 0.750 bits per heavy atom. The first kappa shape index (κ1) is 24.8. The van der Waals surface area contributed by atoms with Crippen LogP contribution in [0.1, 0.15) is 40.0 Å². The molecular formula is C9H18CeO6. The van der Waals surface area contributed by atoms with Crippen LogP contribution in [0.15, 0.2) is 0 Å². The molecule has 94 valence electrons. The first-order chi connectivity index (χ1) is 6.81. The standard InChI is InChI=1S/3C3H6O2.Ce/c3*1-2-3(4)5;/h3*2H2,1H3,(H,4,5);. The minimum Gasteiger partial charge on any atom is -0.481 e. The molecule has 16 heavy (non-hydrogen) atoms. The summed E-state index contributed by atoms with van der Waals surface area (Å²) >= 11 is 0. The summed E-state index contributed by atoms with van der Waals surface area (Å²) in [5, 5.41) is 23.2. The normalized spacial score (nSPS) is 6.94. The Kier molecular flexibility index (Phi) is 31.4. The van der Waals surface area contributed by atoms with Gasteiger partial charge < -0.3 is 15.3 Å². The second-order valence-corrected chi connectivity index (χ2v) is 2.24. The van der Waals surface area contributed by atoms with E-state index in [1.165, 1.54) is 0 Å². The van der Waals surface area contributed by atoms with Crippen molar-refractivity contribution in [1.29, 1.82) is 0 Å². The van der Waals surface area contributed by atoms with Crippen molar-refractivity contribution in [3.63, 3.8) is 0 Å². The summed E-state index contributed by atoms with van der Waals surface area (Å²) in [7, 11) is 0. The number of carboxylic acids is 3. The van der Waals surface area contributed by atoms with Crippen molar-refractivity contribution < 1.29 is 71.5 Å². The smallest absolute Gasteiger partial charge is 0.303 e. The number of rotatable bonds is 3. The largest absolute Gasteiger partial charge is 0.481 e. The average molecular weight is 362 g/mol. The van der Waals surface area contributed by atoms with Crippen molar-refractivity contribution in [2.45, 2.75) is 40.0 Å². The molecule has 6 nitrogen and oxygen atoms in total. The minimum atomic E-state index is -0.745. The van der Waals surface area contributed by atoms with Crippen molar-refractivity contribution in [3.8, 4) is 0 Å². The zero-order chi connectivity index (χ0) is 12.9. The van der Waals surface area contributed by atoms with Gasteiger partial charge in [-0.3, -0.25) is 14.4 Å². The molecule has 0 radical (unpaired) electrons. The molecule has 0 bridgehead atoms. The Hall–Kier alpha value is -0.213. The van der Waals surface area contributed by atoms with E-state index in [9.17, 15) is 14.4 Å². The number of carboxylic acid groups (broad SMARTS) is 3. The zero-order valence-electron chi connectivity index (χ0n) is 9.69. The van der Waals surface area contributed by atoms with E-state index in [1.807, 2.05) is 0 Å². The van der Waals surface area contributed by atoms with Crippen LogP contribution >= 0.6 is 0 Å². The van der Waals surface area contributed by atoms with Gasteiger partial charge in [0.1, 0.15) is 0 Å². The first-order valence-electron chi connectivity index (χ1n) is 4.47. The van der Waals surface area contributed by atoms with Gasteiger partial charge in [0, 0.05) is 61.0 Å². The van der Waals surface area contributed by atoms with E-state index in [0.29, 0.717) is 0 Å². The fourth-order valence-electron chi connectivity index (χ4n) is 0. The molecule has 0 saturated heterocycles. The average Bonchev–Trinajstić information content (AvgIpc) is 2.19. The molecule has 0 atom stereocenters. The van der Waals surface area contributed by atoms with Crippen LogP contribution in [0, 0.1) is 41.7 Å². The third kappa shape index (κ3) is 67.3. The Labute approximate surface area is 128 Å². The quantitative estimate of drug-likeness (QED) is 0.700. The van der Waals surface area contributed by atoms with E-state index in [2.05, 4.69) is 0 Å². The molecule has 0 aromatic heterocycles. The van der Waals surface area contributed by atoms with Gasteiger partial charge in [0.2, 0.25) is 0 Å². The third-order valence-electron chi connectivity index (χ3n) is 0.907. The molecule has 3 N–H and O–H groups in total. The molecule has 0 rings (SSSR count). The molecule has 0 amide bonds. The second kappa shape index (κ2) is 20.2. The maximum Gasteiger partial charge on any atom is 0.303 e. The molecule has 0 heterocycles. The van der Waals surface area contributed by atoms with Crippen LogP contribution in [-0.4, -0.2) is 33.2 Å². The van der Waals surface area contributed by atoms with Crippen LogP contribution < -0.4 is 0 Å². The van der Waals surface area contributed by atoms with Crippen LogP contribution in [0.2, 0.25) is 0 Å². The summed E-state index contributed by atoms with van der Waals surface area (Å²) < 4.78 is 0. The summed E-state index contributed by atoms with van der Waals surface area (Å²) in [5.74, 6) is -2.24. The van der Waals surface area contributed by atoms with Crippen LogP contribution in [0.5, 0.6) is 0 Å². The van der Waals surface area contributed by atoms with E-state index in [-0.39, 0.29) is 61.0 Å². The molecule has 7 heteroatoms. The monoisotopic (exact) mass is 362 g/mol. The van der Waals surface area contributed by atoms with Gasteiger partial charge >= 0.3 is 17.9 Å². The van der Waals surface area contributed by atoms with Gasteiger partial charge in [-0.25, -0.2) is 0 Å². The van der Waals surface area contributed by atoms with Crippen LogP contribution in [0.3, 0.4) is 0 Å². The molecule has 0 aliphatic heterocycles. The molecule has 0 spiro atoms. The van der Waals surface area contributed by atoms with Crippen molar-refractivity contribution in [2.75, 3.05) is 0 Å². The second-order valence-electron chi connectivity index (χ2n) is 2.24. The predicted octanol–water partition coefficient (Wildman–Crippen LogP) is 1.44. The molecule has 0 aromatic carbocycles. The first-order valence-corrected chi connectivity index (χ1v) is 4.47. The topological polar surface area (TPSA) is 112 Å². The van der Waals surface area contributed by atoms with Gasteiger partial charge in [-0.1, -0.05) is 20.8 Å². The summed E-state index contributed by atoms with van der Waals surface area (Å²) in [6, 6.07) is 0. The number of hydrogen-bond acceptors (Lipinski definition) is 3. The Balaban J connectivity index is -0.0000000655. The van der Waals surface area contributed by atoms with E-state index >= 15 is 0 Å². The number of aliphatic carboxylic acids is 3. The fourth-order valence-corrected chi connectivity index (χ4v) is 0. The van der Waals surface area contributed by atoms with Crippen molar-refractivity contribution in [2.24, 2.45) is 0 Å². The Bertz CT molecular complexity index is 159. The van der Waals surface area contributed by atoms with Gasteiger partial charge in [0.25, 0.3) is 0 Å². The van der Waals surface area contributed by atoms with Crippen LogP contribution in [-0.2, 0) is 14.4 Å². The fraction of sp³-hybridized carbons (Fsp3) is 0.667. The van der Waals surface area contributed by atoms with E-state index < -0.39 is 17.9 Å². The van der Waals surface area contributed by atoms with E-state index in [0.717, 1.165) is 0 Å². The molecule has 0 fully saturated rings. The van der Waals surface area contributed by atoms with Gasteiger partial charge in [-0.2, -0.15) is 0 Å². The van der Waals surface area contributed by atoms with Gasteiger partial charge in [0.15, 0.2) is 0 Å². The summed E-state index contributed by atoms with van der Waals surface area (Å²) in [5.41, 5.74) is 0. The maximum atomic E-state index is 9.37. The van der Waals surface area contributed by atoms with E-state index in [4.69, 9.17) is 15.3 Å². The third-order valence-corrected chi connectivity index (χ3v) is 0.907. The summed E-state index contributed by atoms with van der Waals surface area (Å²) in [6.07, 6.45) is 0.667. The molecule has 0 aliphatic carbocycles. The molecule has 0 aromatic rings. The van der Waals surface area contributed by atoms with E-state index in [1.54, 1.807) is 20.8 Å². The van der Waals surface area contributed by atoms with Crippen molar-refractivity contribution in [1.82, 2.24) is 0 Å².